The number of nitrogens with two attached hydrogens (primary N) is 1. The van der Waals surface area contributed by atoms with E-state index in [0.29, 0.717) is 23.5 Å². The van der Waals surface area contributed by atoms with Crippen molar-refractivity contribution in [3.63, 3.8) is 0 Å². The molecule has 0 bridgehead atoms. The molecule has 2 aromatic rings. The average molecular weight is 244 g/mol. The fourth-order valence-electron chi connectivity index (χ4n) is 1.64. The number of anilines is 2. The highest BCUT2D eigenvalue weighted by atomic mass is 15.1. The van der Waals surface area contributed by atoms with E-state index >= 15 is 0 Å². The van der Waals surface area contributed by atoms with Gasteiger partial charge in [-0.3, -0.25) is 0 Å². The minimum absolute atomic E-state index is 0.463. The van der Waals surface area contributed by atoms with E-state index in [2.05, 4.69) is 36.1 Å². The highest BCUT2D eigenvalue weighted by Crippen LogP contribution is 2.19. The second-order valence-electron chi connectivity index (χ2n) is 5.05. The van der Waals surface area contributed by atoms with Gasteiger partial charge in [0, 0.05) is 6.54 Å². The van der Waals surface area contributed by atoms with Crippen molar-refractivity contribution in [2.24, 2.45) is 11.8 Å². The van der Waals surface area contributed by atoms with E-state index in [1.54, 1.807) is 0 Å². The predicted octanol–water partition coefficient (Wildman–Crippen LogP) is 2.92. The van der Waals surface area contributed by atoms with Crippen LogP contribution in [0.1, 0.15) is 20.8 Å². The SMILES string of the molecule is CC(C)C(C)CNc1nc2ccccc2nc1N. The minimum atomic E-state index is 0.463. The fourth-order valence-corrected chi connectivity index (χ4v) is 1.64. The van der Waals surface area contributed by atoms with Crippen LogP contribution < -0.4 is 11.1 Å². The first-order chi connectivity index (χ1) is 8.58. The van der Waals surface area contributed by atoms with Crippen molar-refractivity contribution in [1.29, 1.82) is 0 Å². The fraction of sp³-hybridized carbons (Fsp3) is 0.429. The Hall–Kier alpha value is -1.84. The predicted molar refractivity (Wildman–Crippen MR) is 76.4 cm³/mol. The van der Waals surface area contributed by atoms with Crippen molar-refractivity contribution in [3.8, 4) is 0 Å². The molecule has 0 saturated heterocycles. The summed E-state index contributed by atoms with van der Waals surface area (Å²) < 4.78 is 0. The number of rotatable bonds is 4. The number of hydrogen-bond acceptors (Lipinski definition) is 4. The topological polar surface area (TPSA) is 63.8 Å². The summed E-state index contributed by atoms with van der Waals surface area (Å²) in [5.74, 6) is 2.34. The highest BCUT2D eigenvalue weighted by Gasteiger charge is 2.09. The summed E-state index contributed by atoms with van der Waals surface area (Å²) in [6.07, 6.45) is 0. The van der Waals surface area contributed by atoms with Crippen molar-refractivity contribution in [3.05, 3.63) is 24.3 Å². The molecule has 3 N–H and O–H groups in total. The van der Waals surface area contributed by atoms with Gasteiger partial charge in [-0.2, -0.15) is 0 Å². The maximum Gasteiger partial charge on any atom is 0.169 e. The average Bonchev–Trinajstić information content (AvgIpc) is 2.35. The van der Waals surface area contributed by atoms with Gasteiger partial charge in [-0.25, -0.2) is 9.97 Å². The van der Waals surface area contributed by atoms with Crippen molar-refractivity contribution in [2.45, 2.75) is 20.8 Å². The Labute approximate surface area is 108 Å². The quantitative estimate of drug-likeness (QED) is 0.868. The third kappa shape index (κ3) is 2.70. The van der Waals surface area contributed by atoms with E-state index in [4.69, 9.17) is 5.73 Å². The van der Waals surface area contributed by atoms with E-state index in [-0.39, 0.29) is 0 Å². The molecule has 0 aliphatic carbocycles. The number of aromatic nitrogens is 2. The van der Waals surface area contributed by atoms with Gasteiger partial charge in [0.1, 0.15) is 0 Å². The van der Waals surface area contributed by atoms with Crippen LogP contribution >= 0.6 is 0 Å². The smallest absolute Gasteiger partial charge is 0.169 e. The van der Waals surface area contributed by atoms with Crippen LogP contribution in [0.2, 0.25) is 0 Å². The Bertz CT molecular complexity index is 536. The third-order valence-corrected chi connectivity index (χ3v) is 3.33. The van der Waals surface area contributed by atoms with E-state index in [1.807, 2.05) is 24.3 Å². The lowest BCUT2D eigenvalue weighted by atomic mass is 9.98. The van der Waals surface area contributed by atoms with Crippen LogP contribution in [-0.2, 0) is 0 Å². The summed E-state index contributed by atoms with van der Waals surface area (Å²) in [7, 11) is 0. The van der Waals surface area contributed by atoms with Crippen molar-refractivity contribution in [2.75, 3.05) is 17.6 Å². The summed E-state index contributed by atoms with van der Waals surface area (Å²) in [5.41, 5.74) is 7.61. The van der Waals surface area contributed by atoms with Gasteiger partial charge in [-0.15, -0.1) is 0 Å². The molecule has 0 amide bonds. The molecule has 1 atom stereocenters. The molecule has 2 rings (SSSR count). The normalized spacial score (nSPS) is 12.9. The summed E-state index contributed by atoms with van der Waals surface area (Å²) in [4.78, 5) is 8.86. The van der Waals surface area contributed by atoms with Gasteiger partial charge in [-0.05, 0) is 24.0 Å². The van der Waals surface area contributed by atoms with Crippen LogP contribution in [-0.4, -0.2) is 16.5 Å². The molecule has 0 aliphatic heterocycles. The second-order valence-corrected chi connectivity index (χ2v) is 5.05. The molecule has 4 heteroatoms. The van der Waals surface area contributed by atoms with Crippen LogP contribution in [0.25, 0.3) is 11.0 Å². The summed E-state index contributed by atoms with van der Waals surface area (Å²) in [6.45, 7) is 7.49. The summed E-state index contributed by atoms with van der Waals surface area (Å²) >= 11 is 0. The standard InChI is InChI=1S/C14H20N4/c1-9(2)10(3)8-16-14-13(15)17-11-6-4-5-7-12(11)18-14/h4-7,9-10H,8H2,1-3H3,(H2,15,17)(H,16,18). The van der Waals surface area contributed by atoms with Crippen molar-refractivity contribution < 1.29 is 0 Å². The number of hydrogen-bond donors (Lipinski definition) is 2. The lowest BCUT2D eigenvalue weighted by molar-refractivity contribution is 0.439. The molecule has 1 aromatic heterocycles. The Kier molecular flexibility index (Phi) is 3.65. The van der Waals surface area contributed by atoms with Gasteiger partial charge in [0.05, 0.1) is 11.0 Å². The second kappa shape index (κ2) is 5.21. The number of para-hydroxylation sites is 2. The summed E-state index contributed by atoms with van der Waals surface area (Å²) in [6, 6.07) is 7.75. The first kappa shape index (κ1) is 12.6. The van der Waals surface area contributed by atoms with E-state index in [9.17, 15) is 0 Å². The van der Waals surface area contributed by atoms with Gasteiger partial charge in [0.25, 0.3) is 0 Å². The zero-order valence-corrected chi connectivity index (χ0v) is 11.1. The van der Waals surface area contributed by atoms with Crippen LogP contribution in [0.3, 0.4) is 0 Å². The highest BCUT2D eigenvalue weighted by molar-refractivity contribution is 5.79. The first-order valence-electron chi connectivity index (χ1n) is 6.34. The van der Waals surface area contributed by atoms with Crippen LogP contribution in [0.4, 0.5) is 11.6 Å². The van der Waals surface area contributed by atoms with E-state index < -0.39 is 0 Å². The lowest BCUT2D eigenvalue weighted by Gasteiger charge is -2.17. The zero-order chi connectivity index (χ0) is 13.1. The molecular formula is C14H20N4. The molecule has 1 unspecified atom stereocenters. The van der Waals surface area contributed by atoms with Crippen molar-refractivity contribution >= 4 is 22.7 Å². The Balaban J connectivity index is 2.20. The number of nitrogens with zero attached hydrogens (tertiary/aromatic N) is 2. The number of fused-ring (bicyclic) bond motifs is 1. The molecule has 0 spiro atoms. The summed E-state index contributed by atoms with van der Waals surface area (Å²) in [5, 5.41) is 3.29. The van der Waals surface area contributed by atoms with E-state index in [1.165, 1.54) is 0 Å². The van der Waals surface area contributed by atoms with Gasteiger partial charge in [0.2, 0.25) is 0 Å². The van der Waals surface area contributed by atoms with E-state index in [0.717, 1.165) is 17.6 Å². The molecule has 4 nitrogen and oxygen atoms in total. The van der Waals surface area contributed by atoms with Gasteiger partial charge >= 0.3 is 0 Å². The zero-order valence-electron chi connectivity index (χ0n) is 11.1. The minimum Gasteiger partial charge on any atom is -0.381 e. The lowest BCUT2D eigenvalue weighted by Crippen LogP contribution is -2.18. The molecule has 1 aromatic carbocycles. The largest absolute Gasteiger partial charge is 0.381 e. The Morgan fingerprint density at radius 1 is 1.11 bits per heavy atom. The molecule has 0 fully saturated rings. The van der Waals surface area contributed by atoms with Crippen LogP contribution in [0.5, 0.6) is 0 Å². The van der Waals surface area contributed by atoms with Gasteiger partial charge < -0.3 is 11.1 Å². The van der Waals surface area contributed by atoms with Crippen LogP contribution in [0.15, 0.2) is 24.3 Å². The first-order valence-corrected chi connectivity index (χ1v) is 6.34. The monoisotopic (exact) mass is 244 g/mol. The molecule has 96 valence electrons. The third-order valence-electron chi connectivity index (χ3n) is 3.33. The van der Waals surface area contributed by atoms with Crippen molar-refractivity contribution in [1.82, 2.24) is 9.97 Å². The molecule has 0 saturated carbocycles. The molecular weight excluding hydrogens is 224 g/mol. The maximum absolute atomic E-state index is 5.91. The Morgan fingerprint density at radius 2 is 1.72 bits per heavy atom. The number of nitrogen functional groups attached to an aromatic ring is 1. The number of nitrogens with one attached hydrogen (secondary N) is 1. The van der Waals surface area contributed by atoms with Gasteiger partial charge in [-0.1, -0.05) is 32.9 Å². The molecule has 0 radical (unpaired) electrons. The molecule has 18 heavy (non-hydrogen) atoms. The molecule has 1 heterocycles. The number of benzene rings is 1. The van der Waals surface area contributed by atoms with Crippen LogP contribution in [0, 0.1) is 11.8 Å². The van der Waals surface area contributed by atoms with Gasteiger partial charge in [0.15, 0.2) is 11.6 Å². The Morgan fingerprint density at radius 3 is 2.33 bits per heavy atom. The molecule has 0 aliphatic rings. The maximum atomic E-state index is 5.91.